The molecule has 0 fully saturated rings. The van der Waals surface area contributed by atoms with Crippen LogP contribution in [0.1, 0.15) is 5.56 Å². The summed E-state index contributed by atoms with van der Waals surface area (Å²) in [5, 5.41) is 11.7. The van der Waals surface area contributed by atoms with E-state index in [1.807, 2.05) is 30.3 Å². The molecule has 20 heavy (non-hydrogen) atoms. The Hall–Kier alpha value is -2.08. The maximum atomic E-state index is 13.3. The number of tetrazole rings is 1. The third kappa shape index (κ3) is 2.60. The van der Waals surface area contributed by atoms with E-state index in [2.05, 4.69) is 31.5 Å². The lowest BCUT2D eigenvalue weighted by molar-refractivity contribution is 0.621. The lowest BCUT2D eigenvalue weighted by atomic mass is 10.2. The van der Waals surface area contributed by atoms with Gasteiger partial charge in [-0.25, -0.2) is 9.07 Å². The van der Waals surface area contributed by atoms with E-state index in [0.29, 0.717) is 16.8 Å². The van der Waals surface area contributed by atoms with Gasteiger partial charge in [0.2, 0.25) is 0 Å². The van der Waals surface area contributed by atoms with Crippen LogP contribution in [0.5, 0.6) is 0 Å². The van der Waals surface area contributed by atoms with Crippen molar-refractivity contribution >= 4 is 15.9 Å². The summed E-state index contributed by atoms with van der Waals surface area (Å²) in [5.74, 6) is 0.297. The number of benzene rings is 2. The average molecular weight is 333 g/mol. The zero-order chi connectivity index (χ0) is 13.9. The molecule has 0 bridgehead atoms. The van der Waals surface area contributed by atoms with Crippen LogP contribution >= 0.6 is 15.9 Å². The quantitative estimate of drug-likeness (QED) is 0.739. The number of aromatic nitrogens is 4. The Bertz CT molecular complexity index is 727. The fraction of sp³-hybridized carbons (Fsp3) is 0.0714. The highest BCUT2D eigenvalue weighted by Gasteiger charge is 2.11. The average Bonchev–Trinajstić information content (AvgIpc) is 2.91. The molecule has 3 aromatic rings. The fourth-order valence-electron chi connectivity index (χ4n) is 1.91. The molecule has 3 rings (SSSR count). The van der Waals surface area contributed by atoms with E-state index >= 15 is 0 Å². The summed E-state index contributed by atoms with van der Waals surface area (Å²) in [7, 11) is 0. The first-order valence-electron chi connectivity index (χ1n) is 5.99. The highest BCUT2D eigenvalue weighted by atomic mass is 79.9. The predicted molar refractivity (Wildman–Crippen MR) is 76.5 cm³/mol. The molecule has 0 aliphatic heterocycles. The van der Waals surface area contributed by atoms with E-state index in [-0.39, 0.29) is 5.82 Å². The lowest BCUT2D eigenvalue weighted by Gasteiger charge is -2.05. The van der Waals surface area contributed by atoms with Crippen LogP contribution in [0.25, 0.3) is 11.4 Å². The second kappa shape index (κ2) is 5.50. The van der Waals surface area contributed by atoms with Gasteiger partial charge in [0.15, 0.2) is 5.82 Å². The molecule has 0 radical (unpaired) electrons. The van der Waals surface area contributed by atoms with Crippen molar-refractivity contribution < 1.29 is 4.39 Å². The molecule has 0 atom stereocenters. The standard InChI is InChI=1S/C14H10BrFN4/c15-12-8-11(6-7-13(12)16)14-17-18-19-20(14)9-10-4-2-1-3-5-10/h1-8H,9H2. The minimum absolute atomic E-state index is 0.309. The second-order valence-electron chi connectivity index (χ2n) is 4.27. The van der Waals surface area contributed by atoms with Crippen molar-refractivity contribution in [1.29, 1.82) is 0 Å². The molecule has 100 valence electrons. The number of nitrogens with zero attached hydrogens (tertiary/aromatic N) is 4. The van der Waals surface area contributed by atoms with Gasteiger partial charge in [0, 0.05) is 5.56 Å². The van der Waals surface area contributed by atoms with Crippen LogP contribution in [-0.2, 0) is 6.54 Å². The highest BCUT2D eigenvalue weighted by molar-refractivity contribution is 9.10. The summed E-state index contributed by atoms with van der Waals surface area (Å²) >= 11 is 3.17. The Balaban J connectivity index is 1.95. The summed E-state index contributed by atoms with van der Waals surface area (Å²) in [6.07, 6.45) is 0. The Morgan fingerprint density at radius 1 is 1.10 bits per heavy atom. The molecule has 1 aromatic heterocycles. The first-order valence-corrected chi connectivity index (χ1v) is 6.79. The molecule has 0 saturated carbocycles. The van der Waals surface area contributed by atoms with Gasteiger partial charge in [-0.05, 0) is 50.1 Å². The van der Waals surface area contributed by atoms with Gasteiger partial charge in [0.1, 0.15) is 5.82 Å². The molecule has 1 heterocycles. The van der Waals surface area contributed by atoms with Crippen molar-refractivity contribution in [2.75, 3.05) is 0 Å². The first kappa shape index (κ1) is 12.9. The highest BCUT2D eigenvalue weighted by Crippen LogP contribution is 2.23. The zero-order valence-corrected chi connectivity index (χ0v) is 12.0. The zero-order valence-electron chi connectivity index (χ0n) is 10.4. The van der Waals surface area contributed by atoms with Crippen LogP contribution < -0.4 is 0 Å². The van der Waals surface area contributed by atoms with Crippen molar-refractivity contribution in [3.05, 3.63) is 64.4 Å². The maximum absolute atomic E-state index is 13.3. The van der Waals surface area contributed by atoms with Gasteiger partial charge in [-0.2, -0.15) is 0 Å². The lowest BCUT2D eigenvalue weighted by Crippen LogP contribution is -2.04. The van der Waals surface area contributed by atoms with Crippen molar-refractivity contribution in [1.82, 2.24) is 20.2 Å². The van der Waals surface area contributed by atoms with Gasteiger partial charge in [0.25, 0.3) is 0 Å². The molecule has 0 N–H and O–H groups in total. The number of rotatable bonds is 3. The van der Waals surface area contributed by atoms with Crippen molar-refractivity contribution in [3.8, 4) is 11.4 Å². The summed E-state index contributed by atoms with van der Waals surface area (Å²) in [6, 6.07) is 14.6. The Labute approximate surface area is 123 Å². The molecule has 0 aliphatic carbocycles. The van der Waals surface area contributed by atoms with E-state index in [1.54, 1.807) is 16.8 Å². The normalized spacial score (nSPS) is 10.7. The van der Waals surface area contributed by atoms with Crippen molar-refractivity contribution in [3.63, 3.8) is 0 Å². The number of hydrogen-bond acceptors (Lipinski definition) is 3. The van der Waals surface area contributed by atoms with Crippen LogP contribution in [0.15, 0.2) is 53.0 Å². The number of hydrogen-bond donors (Lipinski definition) is 0. The fourth-order valence-corrected chi connectivity index (χ4v) is 2.29. The van der Waals surface area contributed by atoms with Crippen LogP contribution in [0.4, 0.5) is 4.39 Å². The van der Waals surface area contributed by atoms with Crippen LogP contribution in [0.2, 0.25) is 0 Å². The van der Waals surface area contributed by atoms with Crippen molar-refractivity contribution in [2.45, 2.75) is 6.54 Å². The van der Waals surface area contributed by atoms with Gasteiger partial charge in [-0.1, -0.05) is 30.3 Å². The largest absolute Gasteiger partial charge is 0.221 e. The van der Waals surface area contributed by atoms with Gasteiger partial charge < -0.3 is 0 Å². The van der Waals surface area contributed by atoms with E-state index in [1.165, 1.54) is 6.07 Å². The molecular formula is C14H10BrFN4. The minimum Gasteiger partial charge on any atom is -0.221 e. The summed E-state index contributed by atoms with van der Waals surface area (Å²) < 4.78 is 15.4. The Morgan fingerprint density at radius 3 is 2.65 bits per heavy atom. The van der Waals surface area contributed by atoms with E-state index in [0.717, 1.165) is 11.1 Å². The van der Waals surface area contributed by atoms with Crippen LogP contribution in [-0.4, -0.2) is 20.2 Å². The molecule has 4 nitrogen and oxygen atoms in total. The molecule has 0 aliphatic rings. The first-order chi connectivity index (χ1) is 9.74. The van der Waals surface area contributed by atoms with Gasteiger partial charge >= 0.3 is 0 Å². The minimum atomic E-state index is -0.309. The van der Waals surface area contributed by atoms with Gasteiger partial charge in [0.05, 0.1) is 11.0 Å². The predicted octanol–water partition coefficient (Wildman–Crippen LogP) is 3.29. The smallest absolute Gasteiger partial charge is 0.182 e. The molecular weight excluding hydrogens is 323 g/mol. The van der Waals surface area contributed by atoms with Crippen LogP contribution in [0, 0.1) is 5.82 Å². The maximum Gasteiger partial charge on any atom is 0.182 e. The van der Waals surface area contributed by atoms with E-state index in [4.69, 9.17) is 0 Å². The molecule has 0 unspecified atom stereocenters. The van der Waals surface area contributed by atoms with Gasteiger partial charge in [-0.15, -0.1) is 5.10 Å². The molecule has 0 amide bonds. The third-order valence-corrected chi connectivity index (χ3v) is 3.49. The molecule has 2 aromatic carbocycles. The molecule has 6 heteroatoms. The second-order valence-corrected chi connectivity index (χ2v) is 5.13. The van der Waals surface area contributed by atoms with E-state index < -0.39 is 0 Å². The van der Waals surface area contributed by atoms with Crippen LogP contribution in [0.3, 0.4) is 0 Å². The Morgan fingerprint density at radius 2 is 1.90 bits per heavy atom. The number of halogens is 2. The Kier molecular flexibility index (Phi) is 3.56. The summed E-state index contributed by atoms with van der Waals surface area (Å²) in [6.45, 7) is 0.568. The molecule has 0 saturated heterocycles. The van der Waals surface area contributed by atoms with Crippen molar-refractivity contribution in [2.24, 2.45) is 0 Å². The summed E-state index contributed by atoms with van der Waals surface area (Å²) in [5.41, 5.74) is 1.86. The third-order valence-electron chi connectivity index (χ3n) is 2.88. The van der Waals surface area contributed by atoms with E-state index in [9.17, 15) is 4.39 Å². The summed E-state index contributed by atoms with van der Waals surface area (Å²) in [4.78, 5) is 0. The molecule has 0 spiro atoms. The SMILES string of the molecule is Fc1ccc(-c2nnnn2Cc2ccccc2)cc1Br. The monoisotopic (exact) mass is 332 g/mol. The van der Waals surface area contributed by atoms with Gasteiger partial charge in [-0.3, -0.25) is 0 Å². The topological polar surface area (TPSA) is 43.6 Å².